The Labute approximate surface area is 133 Å². The number of hydrogen-bond donors (Lipinski definition) is 4. The normalized spacial score (nSPS) is 10.7. The van der Waals surface area contributed by atoms with E-state index in [1.807, 2.05) is 0 Å². The molecule has 0 heterocycles. The van der Waals surface area contributed by atoms with Crippen LogP contribution in [0.5, 0.6) is 0 Å². The van der Waals surface area contributed by atoms with Crippen LogP contribution in [0.4, 0.5) is 5.69 Å². The van der Waals surface area contributed by atoms with Crippen molar-refractivity contribution < 1.29 is 19.8 Å². The van der Waals surface area contributed by atoms with E-state index in [-0.39, 0.29) is 31.9 Å². The van der Waals surface area contributed by atoms with E-state index in [1.54, 1.807) is 18.2 Å². The van der Waals surface area contributed by atoms with Gasteiger partial charge in [0.15, 0.2) is 0 Å². The summed E-state index contributed by atoms with van der Waals surface area (Å²) in [7, 11) is 0. The smallest absolute Gasteiger partial charge is 0.266 e. The third kappa shape index (κ3) is 5.43. The minimum absolute atomic E-state index is 0.0196. The molecular weight excluding hydrogens is 300 g/mol. The molecule has 2 amide bonds. The molecule has 1 aromatic carbocycles. The molecular formula is C15H18N4O4. The Bertz CT molecular complexity index is 613. The Hall–Kier alpha value is -2.89. The van der Waals surface area contributed by atoms with Crippen LogP contribution in [0, 0.1) is 11.3 Å². The lowest BCUT2D eigenvalue weighted by molar-refractivity contribution is -0.127. The quantitative estimate of drug-likeness (QED) is 0.373. The summed E-state index contributed by atoms with van der Waals surface area (Å²) < 4.78 is 0. The number of nitrogens with two attached hydrogens (primary N) is 1. The second-order valence-electron chi connectivity index (χ2n) is 4.50. The number of aliphatic hydroxyl groups is 2. The topological polar surface area (TPSA) is 140 Å². The molecule has 8 heteroatoms. The number of carbonyl (C=O) groups is 2. The van der Waals surface area contributed by atoms with E-state index in [0.717, 1.165) is 0 Å². The van der Waals surface area contributed by atoms with Crippen molar-refractivity contribution in [3.8, 4) is 6.07 Å². The Morgan fingerprint density at radius 1 is 1.22 bits per heavy atom. The lowest BCUT2D eigenvalue weighted by Crippen LogP contribution is -2.36. The molecule has 0 spiro atoms. The van der Waals surface area contributed by atoms with Gasteiger partial charge in [0.05, 0.1) is 13.2 Å². The minimum atomic E-state index is -0.600. The van der Waals surface area contributed by atoms with Crippen LogP contribution in [0.3, 0.4) is 0 Å². The van der Waals surface area contributed by atoms with Crippen molar-refractivity contribution in [1.29, 1.82) is 5.26 Å². The van der Waals surface area contributed by atoms with E-state index in [2.05, 4.69) is 5.32 Å². The highest BCUT2D eigenvalue weighted by Gasteiger charge is 2.17. The first-order valence-corrected chi connectivity index (χ1v) is 6.81. The molecule has 0 bridgehead atoms. The van der Waals surface area contributed by atoms with E-state index in [4.69, 9.17) is 21.2 Å². The highest BCUT2D eigenvalue weighted by molar-refractivity contribution is 5.97. The fraction of sp³-hybridized carbons (Fsp3) is 0.267. The third-order valence-corrected chi connectivity index (χ3v) is 2.93. The summed E-state index contributed by atoms with van der Waals surface area (Å²) in [6.45, 7) is -0.504. The molecule has 8 nitrogen and oxygen atoms in total. The monoisotopic (exact) mass is 318 g/mol. The second-order valence-corrected chi connectivity index (χ2v) is 4.50. The van der Waals surface area contributed by atoms with Crippen molar-refractivity contribution in [2.75, 3.05) is 31.6 Å². The highest BCUT2D eigenvalue weighted by Crippen LogP contribution is 2.10. The number of nitriles is 1. The SMILES string of the molecule is N#C/C(=C/Nc1ccc(C(N)=O)cc1)C(=O)N(CCO)CCO. The molecule has 0 aliphatic heterocycles. The summed E-state index contributed by atoms with van der Waals surface area (Å²) in [5.41, 5.74) is 5.86. The molecule has 1 rings (SSSR count). The Morgan fingerprint density at radius 2 is 1.78 bits per heavy atom. The largest absolute Gasteiger partial charge is 0.395 e. The van der Waals surface area contributed by atoms with Gasteiger partial charge < -0.3 is 26.2 Å². The maximum atomic E-state index is 12.1. The zero-order valence-corrected chi connectivity index (χ0v) is 12.4. The van der Waals surface area contributed by atoms with E-state index >= 15 is 0 Å². The van der Waals surface area contributed by atoms with Gasteiger partial charge in [-0.1, -0.05) is 0 Å². The van der Waals surface area contributed by atoms with Crippen molar-refractivity contribution in [3.63, 3.8) is 0 Å². The van der Waals surface area contributed by atoms with Crippen molar-refractivity contribution >= 4 is 17.5 Å². The number of nitrogens with zero attached hydrogens (tertiary/aromatic N) is 2. The molecule has 0 saturated heterocycles. The van der Waals surface area contributed by atoms with Crippen molar-refractivity contribution in [1.82, 2.24) is 4.90 Å². The molecule has 0 aliphatic rings. The summed E-state index contributed by atoms with van der Waals surface area (Å²) in [5.74, 6) is -1.15. The molecule has 0 aromatic heterocycles. The Balaban J connectivity index is 2.83. The first kappa shape index (κ1) is 18.2. The zero-order valence-electron chi connectivity index (χ0n) is 12.4. The van der Waals surface area contributed by atoms with Gasteiger partial charge in [-0.05, 0) is 24.3 Å². The molecule has 0 fully saturated rings. The second kappa shape index (κ2) is 9.19. The van der Waals surface area contributed by atoms with Crippen molar-refractivity contribution in [3.05, 3.63) is 41.6 Å². The van der Waals surface area contributed by atoms with E-state index in [0.29, 0.717) is 11.3 Å². The van der Waals surface area contributed by atoms with Gasteiger partial charge in [0.25, 0.3) is 5.91 Å². The molecule has 5 N–H and O–H groups in total. The molecule has 0 atom stereocenters. The summed E-state index contributed by atoms with van der Waals surface area (Å²) in [6.07, 6.45) is 1.23. The highest BCUT2D eigenvalue weighted by atomic mass is 16.3. The van der Waals surface area contributed by atoms with Gasteiger partial charge in [-0.2, -0.15) is 5.26 Å². The van der Waals surface area contributed by atoms with Gasteiger partial charge in [-0.25, -0.2) is 0 Å². The first-order chi connectivity index (χ1) is 11.0. The van der Waals surface area contributed by atoms with Gasteiger partial charge in [0.1, 0.15) is 11.6 Å². The van der Waals surface area contributed by atoms with Crippen molar-refractivity contribution in [2.24, 2.45) is 5.73 Å². The summed E-state index contributed by atoms with van der Waals surface area (Å²) >= 11 is 0. The molecule has 122 valence electrons. The van der Waals surface area contributed by atoms with Crippen LogP contribution >= 0.6 is 0 Å². The van der Waals surface area contributed by atoms with E-state index in [1.165, 1.54) is 23.2 Å². The summed E-state index contributed by atoms with van der Waals surface area (Å²) in [6, 6.07) is 7.95. The zero-order chi connectivity index (χ0) is 17.2. The molecule has 0 aliphatic carbocycles. The fourth-order valence-electron chi connectivity index (χ4n) is 1.75. The number of amides is 2. The van der Waals surface area contributed by atoms with E-state index < -0.39 is 11.8 Å². The van der Waals surface area contributed by atoms with Crippen LogP contribution in [-0.2, 0) is 4.79 Å². The number of primary amides is 1. The van der Waals surface area contributed by atoms with Gasteiger partial charge in [0, 0.05) is 30.5 Å². The van der Waals surface area contributed by atoms with Crippen LogP contribution in [0.15, 0.2) is 36.0 Å². The van der Waals surface area contributed by atoms with Crippen LogP contribution in [0.2, 0.25) is 0 Å². The number of benzene rings is 1. The molecule has 0 unspecified atom stereocenters. The predicted molar refractivity (Wildman–Crippen MR) is 83.0 cm³/mol. The maximum Gasteiger partial charge on any atom is 0.266 e. The number of nitrogens with one attached hydrogen (secondary N) is 1. The average Bonchev–Trinajstić information content (AvgIpc) is 2.55. The lowest BCUT2D eigenvalue weighted by Gasteiger charge is -2.20. The minimum Gasteiger partial charge on any atom is -0.395 e. The summed E-state index contributed by atoms with van der Waals surface area (Å²) in [4.78, 5) is 24.3. The number of anilines is 1. The average molecular weight is 318 g/mol. The van der Waals surface area contributed by atoms with Crippen molar-refractivity contribution in [2.45, 2.75) is 0 Å². The van der Waals surface area contributed by atoms with E-state index in [9.17, 15) is 9.59 Å². The van der Waals surface area contributed by atoms with Gasteiger partial charge in [-0.15, -0.1) is 0 Å². The van der Waals surface area contributed by atoms with Crippen LogP contribution in [0.25, 0.3) is 0 Å². The maximum absolute atomic E-state index is 12.1. The molecule has 23 heavy (non-hydrogen) atoms. The third-order valence-electron chi connectivity index (χ3n) is 2.93. The predicted octanol–water partition coefficient (Wildman–Crippen LogP) is -0.582. The molecule has 1 aromatic rings. The Kier molecular flexibility index (Phi) is 7.26. The first-order valence-electron chi connectivity index (χ1n) is 6.81. The number of hydrogen-bond acceptors (Lipinski definition) is 6. The number of aliphatic hydroxyl groups excluding tert-OH is 2. The fourth-order valence-corrected chi connectivity index (χ4v) is 1.75. The van der Waals surface area contributed by atoms with Crippen LogP contribution in [0.1, 0.15) is 10.4 Å². The van der Waals surface area contributed by atoms with Gasteiger partial charge in [0.2, 0.25) is 5.91 Å². The van der Waals surface area contributed by atoms with Crippen LogP contribution < -0.4 is 11.1 Å². The molecule has 0 saturated carbocycles. The number of rotatable bonds is 8. The van der Waals surface area contributed by atoms with Crippen LogP contribution in [-0.4, -0.2) is 53.2 Å². The summed E-state index contributed by atoms with van der Waals surface area (Å²) in [5, 5.41) is 29.7. The Morgan fingerprint density at radius 3 is 2.22 bits per heavy atom. The van der Waals surface area contributed by atoms with Gasteiger partial charge in [-0.3, -0.25) is 9.59 Å². The van der Waals surface area contributed by atoms with Gasteiger partial charge >= 0.3 is 0 Å². The lowest BCUT2D eigenvalue weighted by atomic mass is 10.2. The molecule has 0 radical (unpaired) electrons. The number of carbonyl (C=O) groups excluding carboxylic acids is 2. The standard InChI is InChI=1S/C15H18N4O4/c16-9-12(15(23)19(5-7-20)6-8-21)10-18-13-3-1-11(2-4-13)14(17)22/h1-4,10,18,20-21H,5-8H2,(H2,17,22)/b12-10-.